The van der Waals surface area contributed by atoms with Gasteiger partial charge in [0.2, 0.25) is 0 Å². The van der Waals surface area contributed by atoms with Crippen LogP contribution in [0.5, 0.6) is 11.5 Å². The molecule has 0 amide bonds. The third kappa shape index (κ3) is 6.34. The van der Waals surface area contributed by atoms with Gasteiger partial charge >= 0.3 is 21.1 Å². The summed E-state index contributed by atoms with van der Waals surface area (Å²) in [6.07, 6.45) is 1.73. The van der Waals surface area contributed by atoms with Crippen LogP contribution < -0.4 is 4.74 Å². The minimum atomic E-state index is 0. The van der Waals surface area contributed by atoms with Crippen LogP contribution in [0.25, 0.3) is 88.6 Å². The molecule has 0 unspecified atom stereocenters. The Morgan fingerprint density at radius 2 is 1.35 bits per heavy atom. The van der Waals surface area contributed by atoms with Crippen LogP contribution in [0.1, 0.15) is 67.3 Å². The normalized spacial score (nSPS) is 12.0. The predicted octanol–water partition coefficient (Wildman–Crippen LogP) is 14.8. The molecule has 0 radical (unpaired) electrons. The molecule has 62 heavy (non-hydrogen) atoms. The van der Waals surface area contributed by atoms with Crippen LogP contribution in [0.3, 0.4) is 0 Å². The van der Waals surface area contributed by atoms with Gasteiger partial charge in [0.15, 0.2) is 0 Å². The Morgan fingerprint density at radius 1 is 0.613 bits per heavy atom. The van der Waals surface area contributed by atoms with Crippen molar-refractivity contribution < 1.29 is 30.2 Å². The summed E-state index contributed by atoms with van der Waals surface area (Å²) in [6.45, 7) is 15.6. The Morgan fingerprint density at radius 3 is 2.13 bits per heavy atom. The molecule has 0 fully saturated rings. The van der Waals surface area contributed by atoms with Crippen molar-refractivity contribution in [3.63, 3.8) is 0 Å². The van der Waals surface area contributed by atoms with E-state index >= 15 is 0 Å². The van der Waals surface area contributed by atoms with Crippen molar-refractivity contribution >= 4 is 60.4 Å². The van der Waals surface area contributed by atoms with Gasteiger partial charge in [-0.3, -0.25) is 9.97 Å². The molecule has 7 aromatic carbocycles. The summed E-state index contributed by atoms with van der Waals surface area (Å²) in [5.41, 5.74) is 17.2. The number of aryl methyl sites for hydroxylation is 3. The minimum absolute atomic E-state index is 0. The van der Waals surface area contributed by atoms with Crippen LogP contribution in [0.4, 0.5) is 0 Å². The van der Waals surface area contributed by atoms with Crippen LogP contribution in [0.2, 0.25) is 0 Å². The number of pyridine rings is 1. The first kappa shape index (κ1) is 39.6. The smallest absolute Gasteiger partial charge is 0.497 e. The zero-order valence-electron chi connectivity index (χ0n) is 35.7. The van der Waals surface area contributed by atoms with Gasteiger partial charge in [-0.1, -0.05) is 112 Å². The van der Waals surface area contributed by atoms with Gasteiger partial charge in [0.05, 0.1) is 39.8 Å². The SMILES string of the molecule is Cc1cc2c3c(C)cc(Oc4[c-]c(-c5nc6ccccc6n5-c5c(C(C)C)cc(-c6ccccc6)cc5C(C)C)ccc4)[c-]c3c3nc4cc5occc5cc4n3c2cc1C.[Pt+2]. The number of imidazole rings is 2. The van der Waals surface area contributed by atoms with Gasteiger partial charge in [-0.15, -0.1) is 29.3 Å². The number of rotatable bonds is 7. The van der Waals surface area contributed by atoms with E-state index in [1.54, 1.807) is 6.26 Å². The van der Waals surface area contributed by atoms with Gasteiger partial charge in [0, 0.05) is 34.2 Å². The fraction of sp³-hybridized carbons (Fsp3) is 0.164. The summed E-state index contributed by atoms with van der Waals surface area (Å²) in [5.74, 6) is 2.50. The molecule has 0 saturated carbocycles. The van der Waals surface area contributed by atoms with Gasteiger partial charge in [0.1, 0.15) is 5.58 Å². The van der Waals surface area contributed by atoms with Gasteiger partial charge in [-0.25, -0.2) is 0 Å². The fourth-order valence-electron chi connectivity index (χ4n) is 9.19. The number of furan rings is 1. The molecule has 7 heteroatoms. The van der Waals surface area contributed by atoms with E-state index in [4.69, 9.17) is 19.1 Å². The van der Waals surface area contributed by atoms with E-state index in [1.165, 1.54) is 39.1 Å². The zero-order valence-corrected chi connectivity index (χ0v) is 38.0. The van der Waals surface area contributed by atoms with E-state index in [9.17, 15) is 0 Å². The molecule has 4 heterocycles. The molecule has 4 aromatic heterocycles. The quantitative estimate of drug-likeness (QED) is 0.118. The molecule has 0 saturated heterocycles. The third-order valence-electron chi connectivity index (χ3n) is 12.3. The van der Waals surface area contributed by atoms with E-state index in [0.29, 0.717) is 11.5 Å². The van der Waals surface area contributed by atoms with Crippen LogP contribution in [0.15, 0.2) is 132 Å². The third-order valence-corrected chi connectivity index (χ3v) is 12.3. The second-order valence-electron chi connectivity index (χ2n) is 17.1. The maximum atomic E-state index is 6.77. The second-order valence-corrected chi connectivity index (χ2v) is 17.1. The van der Waals surface area contributed by atoms with Crippen molar-refractivity contribution in [1.29, 1.82) is 0 Å². The standard InChI is InChI=1S/C55H44N4O2.Pt/c1-31(2)42-26-39(36-14-9-8-10-15-36)27-43(32(3)4)53(42)59-48-19-12-11-18-46(48)56-54(59)38-16-13-17-40(25-38)61-41-22-35(7)52-44-23-33(5)34(6)24-49(44)58-50-28-37-20-21-60-51(37)30-47(50)57-55(58)45(52)29-41;/h8-24,26-28,30-32H,1-7H3;/q-2;+2. The molecule has 0 atom stereocenters. The van der Waals surface area contributed by atoms with Crippen molar-refractivity contribution in [2.75, 3.05) is 0 Å². The predicted molar refractivity (Wildman–Crippen MR) is 250 cm³/mol. The molecule has 0 aliphatic rings. The number of aromatic nitrogens is 4. The molecule has 0 spiro atoms. The Bertz CT molecular complexity index is 3530. The first-order valence-electron chi connectivity index (χ1n) is 21.1. The van der Waals surface area contributed by atoms with Crippen molar-refractivity contribution in [2.45, 2.75) is 60.3 Å². The summed E-state index contributed by atoms with van der Waals surface area (Å²) in [4.78, 5) is 10.5. The Balaban J connectivity index is 0.00000458. The monoisotopic (exact) mass is 987 g/mol. The molecule has 0 aliphatic carbocycles. The summed E-state index contributed by atoms with van der Waals surface area (Å²) in [7, 11) is 0. The summed E-state index contributed by atoms with van der Waals surface area (Å²) < 4.78 is 17.2. The zero-order chi connectivity index (χ0) is 41.7. The molecular formula is C55H44N4O2Pt. The maximum absolute atomic E-state index is 6.77. The van der Waals surface area contributed by atoms with Gasteiger partial charge in [-0.2, -0.15) is 0 Å². The van der Waals surface area contributed by atoms with Crippen LogP contribution in [0, 0.1) is 32.9 Å². The summed E-state index contributed by atoms with van der Waals surface area (Å²) in [6, 6.07) is 50.1. The first-order valence-corrected chi connectivity index (χ1v) is 21.1. The van der Waals surface area contributed by atoms with Crippen molar-refractivity contribution in [2.24, 2.45) is 0 Å². The van der Waals surface area contributed by atoms with E-state index in [-0.39, 0.29) is 32.9 Å². The average Bonchev–Trinajstić information content (AvgIpc) is 3.99. The minimum Gasteiger partial charge on any atom is -0.497 e. The van der Waals surface area contributed by atoms with E-state index < -0.39 is 0 Å². The number of hydrogen-bond acceptors (Lipinski definition) is 4. The molecule has 306 valence electrons. The molecular weight excluding hydrogens is 944 g/mol. The summed E-state index contributed by atoms with van der Waals surface area (Å²) >= 11 is 0. The van der Waals surface area contributed by atoms with Crippen molar-refractivity contribution in [3.05, 3.63) is 168 Å². The van der Waals surface area contributed by atoms with Crippen LogP contribution in [-0.4, -0.2) is 18.9 Å². The number of fused-ring (bicyclic) bond motifs is 10. The molecule has 0 N–H and O–H groups in total. The van der Waals surface area contributed by atoms with Gasteiger partial charge in [0.25, 0.3) is 0 Å². The van der Waals surface area contributed by atoms with Crippen LogP contribution >= 0.6 is 0 Å². The number of nitrogens with zero attached hydrogens (tertiary/aromatic N) is 4. The fourth-order valence-corrected chi connectivity index (χ4v) is 9.19. The number of ether oxygens (including phenoxy) is 1. The van der Waals surface area contributed by atoms with Crippen LogP contribution in [-0.2, 0) is 21.1 Å². The van der Waals surface area contributed by atoms with E-state index in [1.807, 2.05) is 24.3 Å². The molecule has 6 nitrogen and oxygen atoms in total. The summed E-state index contributed by atoms with van der Waals surface area (Å²) in [5, 5.41) is 4.21. The molecule has 11 rings (SSSR count). The Hall–Kier alpha value is -6.49. The Labute approximate surface area is 375 Å². The second kappa shape index (κ2) is 15.1. The number of benzene rings is 7. The van der Waals surface area contributed by atoms with Crippen molar-refractivity contribution in [1.82, 2.24) is 18.9 Å². The van der Waals surface area contributed by atoms with E-state index in [2.05, 4.69) is 167 Å². The molecule has 0 aliphatic heterocycles. The Kier molecular flexibility index (Phi) is 9.68. The average molecular weight is 988 g/mol. The van der Waals surface area contributed by atoms with Gasteiger partial charge < -0.3 is 18.1 Å². The maximum Gasteiger partial charge on any atom is 2.00 e. The topological polar surface area (TPSA) is 57.5 Å². The van der Waals surface area contributed by atoms with E-state index in [0.717, 1.165) is 77.3 Å². The first-order chi connectivity index (χ1) is 29.6. The van der Waals surface area contributed by atoms with Gasteiger partial charge in [-0.05, 0) is 107 Å². The largest absolute Gasteiger partial charge is 2.00 e. The molecule has 0 bridgehead atoms. The molecule has 11 aromatic rings. The number of para-hydroxylation sites is 2. The number of hydrogen-bond donors (Lipinski definition) is 0. The van der Waals surface area contributed by atoms with Crippen molar-refractivity contribution in [3.8, 4) is 39.7 Å².